The minimum Gasteiger partial charge on any atom is -0.489 e. The van der Waals surface area contributed by atoms with Gasteiger partial charge in [-0.15, -0.1) is 0 Å². The Morgan fingerprint density at radius 1 is 1.18 bits per heavy atom. The van der Waals surface area contributed by atoms with Crippen molar-refractivity contribution >= 4 is 27.7 Å². The average molecular weight is 512 g/mol. The number of ether oxygens (including phenoxy) is 3. The van der Waals surface area contributed by atoms with Gasteiger partial charge in [-0.05, 0) is 29.2 Å². The molecule has 0 radical (unpaired) electrons. The number of benzene rings is 2. The van der Waals surface area contributed by atoms with Crippen LogP contribution in [-0.2, 0) is 25.7 Å². The Kier molecular flexibility index (Phi) is 6.34. The third-order valence-electron chi connectivity index (χ3n) is 5.88. The van der Waals surface area contributed by atoms with Crippen molar-refractivity contribution in [3.63, 3.8) is 0 Å². The minimum absolute atomic E-state index is 0.0508. The van der Waals surface area contributed by atoms with Gasteiger partial charge in [0.15, 0.2) is 5.78 Å². The van der Waals surface area contributed by atoms with Crippen LogP contribution in [-0.4, -0.2) is 18.9 Å². The summed E-state index contributed by atoms with van der Waals surface area (Å²) in [7, 11) is 1.28. The number of nitrogens with two attached hydrogens (primary N) is 1. The molecule has 2 aliphatic rings. The summed E-state index contributed by atoms with van der Waals surface area (Å²) in [4.78, 5) is 26.2. The number of Topliss-reactive ketones (excluding diaryl/α,β-unsaturated/α-hetero) is 1. The van der Waals surface area contributed by atoms with E-state index in [0.29, 0.717) is 42.1 Å². The molecular formula is C26H26BrNO5. The van der Waals surface area contributed by atoms with Crippen LogP contribution < -0.4 is 10.5 Å². The molecule has 4 rings (SSSR count). The molecule has 1 aliphatic heterocycles. The molecule has 2 aromatic rings. The molecule has 7 heteroatoms. The van der Waals surface area contributed by atoms with Gasteiger partial charge in [0.1, 0.15) is 23.7 Å². The van der Waals surface area contributed by atoms with Crippen LogP contribution in [0.1, 0.15) is 43.7 Å². The number of rotatable bonds is 5. The zero-order valence-electron chi connectivity index (χ0n) is 18.8. The number of hydrogen-bond donors (Lipinski definition) is 1. The van der Waals surface area contributed by atoms with Crippen LogP contribution in [0.5, 0.6) is 5.75 Å². The first kappa shape index (κ1) is 23.1. The number of allylic oxidation sites excluding steroid dienone is 2. The first-order valence-electron chi connectivity index (χ1n) is 10.7. The van der Waals surface area contributed by atoms with Gasteiger partial charge in [0.2, 0.25) is 5.88 Å². The quantitative estimate of drug-likeness (QED) is 0.559. The lowest BCUT2D eigenvalue weighted by atomic mass is 9.70. The van der Waals surface area contributed by atoms with Gasteiger partial charge in [-0.3, -0.25) is 4.79 Å². The molecule has 1 aliphatic carbocycles. The Morgan fingerprint density at radius 2 is 1.91 bits per heavy atom. The van der Waals surface area contributed by atoms with E-state index in [2.05, 4.69) is 15.9 Å². The van der Waals surface area contributed by atoms with Crippen LogP contribution in [0.3, 0.4) is 0 Å². The largest absolute Gasteiger partial charge is 0.489 e. The van der Waals surface area contributed by atoms with E-state index in [4.69, 9.17) is 19.9 Å². The maximum Gasteiger partial charge on any atom is 0.340 e. The fourth-order valence-electron chi connectivity index (χ4n) is 4.42. The van der Waals surface area contributed by atoms with Crippen molar-refractivity contribution in [1.29, 1.82) is 0 Å². The predicted octanol–water partition coefficient (Wildman–Crippen LogP) is 5.13. The molecule has 2 aromatic carbocycles. The summed E-state index contributed by atoms with van der Waals surface area (Å²) in [5.74, 6) is -0.476. The Labute approximate surface area is 201 Å². The third-order valence-corrected chi connectivity index (χ3v) is 6.37. The highest BCUT2D eigenvalue weighted by Crippen LogP contribution is 2.50. The van der Waals surface area contributed by atoms with Gasteiger partial charge in [-0.25, -0.2) is 4.79 Å². The second kappa shape index (κ2) is 9.06. The molecule has 0 spiro atoms. The van der Waals surface area contributed by atoms with Crippen LogP contribution in [0.15, 0.2) is 75.8 Å². The van der Waals surface area contributed by atoms with Crippen molar-refractivity contribution in [2.45, 2.75) is 39.2 Å². The molecule has 2 N–H and O–H groups in total. The third kappa shape index (κ3) is 4.69. The highest BCUT2D eigenvalue weighted by Gasteiger charge is 2.45. The zero-order valence-corrected chi connectivity index (χ0v) is 20.4. The maximum absolute atomic E-state index is 13.4. The van der Waals surface area contributed by atoms with Gasteiger partial charge in [-0.1, -0.05) is 60.1 Å². The summed E-state index contributed by atoms with van der Waals surface area (Å²) in [5, 5.41) is 0. The standard InChI is InChI=1S/C26H26BrNO5/c1-26(2)12-18(29)22-20(13-26)33-24(28)23(25(30)31-3)21(22)17-11-16(27)9-10-19(17)32-14-15-7-5-4-6-8-15/h4-11,21H,12-14,28H2,1-3H3/t21-/m0/s1. The fraction of sp³-hybridized carbons (Fsp3) is 0.308. The van der Waals surface area contributed by atoms with Gasteiger partial charge in [0, 0.05) is 28.5 Å². The number of halogens is 1. The number of hydrogen-bond acceptors (Lipinski definition) is 6. The molecule has 6 nitrogen and oxygen atoms in total. The van der Waals surface area contributed by atoms with Crippen molar-refractivity contribution in [2.24, 2.45) is 11.1 Å². The number of carbonyl (C=O) groups is 2. The summed E-state index contributed by atoms with van der Waals surface area (Å²) >= 11 is 3.52. The Balaban J connectivity index is 1.85. The van der Waals surface area contributed by atoms with Crippen LogP contribution >= 0.6 is 15.9 Å². The summed E-state index contributed by atoms with van der Waals surface area (Å²) in [6.45, 7) is 4.35. The van der Waals surface area contributed by atoms with Crippen molar-refractivity contribution in [2.75, 3.05) is 7.11 Å². The molecule has 172 valence electrons. The molecule has 0 saturated heterocycles. The molecule has 0 saturated carbocycles. The molecule has 0 aromatic heterocycles. The summed E-state index contributed by atoms with van der Waals surface area (Å²) in [6.07, 6.45) is 0.877. The van der Waals surface area contributed by atoms with Crippen LogP contribution in [0.4, 0.5) is 0 Å². The first-order chi connectivity index (χ1) is 15.7. The lowest BCUT2D eigenvalue weighted by Crippen LogP contribution is -2.35. The predicted molar refractivity (Wildman–Crippen MR) is 127 cm³/mol. The van der Waals surface area contributed by atoms with Gasteiger partial charge in [-0.2, -0.15) is 0 Å². The van der Waals surface area contributed by atoms with E-state index in [1.54, 1.807) is 0 Å². The van der Waals surface area contributed by atoms with Crippen molar-refractivity contribution in [1.82, 2.24) is 0 Å². The number of ketones is 1. The van der Waals surface area contributed by atoms with Gasteiger partial charge in [0.25, 0.3) is 0 Å². The zero-order chi connectivity index (χ0) is 23.8. The second-order valence-corrected chi connectivity index (χ2v) is 9.95. The maximum atomic E-state index is 13.4. The van der Waals surface area contributed by atoms with E-state index in [0.717, 1.165) is 10.0 Å². The van der Waals surface area contributed by atoms with Crippen molar-refractivity contribution < 1.29 is 23.8 Å². The lowest BCUT2D eigenvalue weighted by molar-refractivity contribution is -0.136. The SMILES string of the molecule is COC(=O)C1=C(N)OC2=C(C(=O)CC(C)(C)C2)[C@@H]1c1cc(Br)ccc1OCc1ccccc1. The molecule has 1 heterocycles. The Hall–Kier alpha value is -3.06. The van der Waals surface area contributed by atoms with Gasteiger partial charge >= 0.3 is 5.97 Å². The number of carbonyl (C=O) groups excluding carboxylic acids is 2. The normalized spacial score (nSPS) is 19.6. The van der Waals surface area contributed by atoms with Crippen molar-refractivity contribution in [3.8, 4) is 5.75 Å². The summed E-state index contributed by atoms with van der Waals surface area (Å²) < 4.78 is 17.8. The van der Waals surface area contributed by atoms with E-state index >= 15 is 0 Å². The van der Waals surface area contributed by atoms with E-state index in [-0.39, 0.29) is 22.7 Å². The Bertz CT molecular complexity index is 1170. The Morgan fingerprint density at radius 3 is 2.61 bits per heavy atom. The van der Waals surface area contributed by atoms with Crippen LogP contribution in [0.25, 0.3) is 0 Å². The lowest BCUT2D eigenvalue weighted by Gasteiger charge is -2.38. The monoisotopic (exact) mass is 511 g/mol. The smallest absolute Gasteiger partial charge is 0.340 e. The van der Waals surface area contributed by atoms with E-state index < -0.39 is 11.9 Å². The fourth-order valence-corrected chi connectivity index (χ4v) is 4.79. The van der Waals surface area contributed by atoms with E-state index in [1.165, 1.54) is 7.11 Å². The molecule has 1 atom stereocenters. The summed E-state index contributed by atoms with van der Waals surface area (Å²) in [5.41, 5.74) is 8.15. The van der Waals surface area contributed by atoms with Gasteiger partial charge in [0.05, 0.1) is 13.0 Å². The molecular weight excluding hydrogens is 486 g/mol. The average Bonchev–Trinajstić information content (AvgIpc) is 2.76. The van der Waals surface area contributed by atoms with Crippen LogP contribution in [0.2, 0.25) is 0 Å². The van der Waals surface area contributed by atoms with E-state index in [1.807, 2.05) is 62.4 Å². The number of methoxy groups -OCH3 is 1. The molecule has 0 amide bonds. The summed E-state index contributed by atoms with van der Waals surface area (Å²) in [6, 6.07) is 15.3. The van der Waals surface area contributed by atoms with Gasteiger partial charge < -0.3 is 19.9 Å². The number of esters is 1. The van der Waals surface area contributed by atoms with Crippen LogP contribution in [0, 0.1) is 5.41 Å². The highest BCUT2D eigenvalue weighted by atomic mass is 79.9. The molecule has 0 fully saturated rings. The minimum atomic E-state index is -0.756. The highest BCUT2D eigenvalue weighted by molar-refractivity contribution is 9.10. The topological polar surface area (TPSA) is 87.9 Å². The van der Waals surface area contributed by atoms with E-state index in [9.17, 15) is 9.59 Å². The molecule has 0 bridgehead atoms. The second-order valence-electron chi connectivity index (χ2n) is 9.04. The molecule has 33 heavy (non-hydrogen) atoms. The first-order valence-corrected chi connectivity index (χ1v) is 11.5. The molecule has 0 unspecified atom stereocenters. The van der Waals surface area contributed by atoms with Crippen molar-refractivity contribution in [3.05, 3.63) is 86.9 Å².